The zero-order valence-electron chi connectivity index (χ0n) is 6.28. The number of hydrogen-bond acceptors (Lipinski definition) is 0. The second kappa shape index (κ2) is 2.19. The van der Waals surface area contributed by atoms with Crippen molar-refractivity contribution >= 4 is 8.07 Å². The fourth-order valence-electron chi connectivity index (χ4n) is 1.58. The summed E-state index contributed by atoms with van der Waals surface area (Å²) < 4.78 is 0. The molecule has 1 unspecified atom stereocenters. The molecule has 0 N–H and O–H groups in total. The maximum Gasteiger partial charge on any atom is 0.0486 e. The van der Waals surface area contributed by atoms with E-state index in [2.05, 4.69) is 19.0 Å². The summed E-state index contributed by atoms with van der Waals surface area (Å²) >= 11 is 0. The molecule has 1 rings (SSSR count). The van der Waals surface area contributed by atoms with E-state index in [1.54, 1.807) is 0 Å². The zero-order valence-corrected chi connectivity index (χ0v) is 7.28. The van der Waals surface area contributed by atoms with Crippen LogP contribution >= 0.6 is 0 Å². The van der Waals surface area contributed by atoms with Gasteiger partial charge in [0.25, 0.3) is 0 Å². The lowest BCUT2D eigenvalue weighted by Gasteiger charge is -2.11. The summed E-state index contributed by atoms with van der Waals surface area (Å²) in [6.07, 6.45) is 6.63. The molecule has 1 aliphatic rings. The third-order valence-corrected chi connectivity index (χ3v) is 5.44. The normalized spacial score (nSPS) is 31.9. The monoisotopic (exact) mass is 138 g/mol. The molecule has 1 heterocycles. The van der Waals surface area contributed by atoms with Gasteiger partial charge in [-0.3, -0.25) is 0 Å². The van der Waals surface area contributed by atoms with E-state index in [0.717, 1.165) is 0 Å². The molecule has 0 nitrogen and oxygen atoms in total. The number of terminal acetylenes is 1. The van der Waals surface area contributed by atoms with Gasteiger partial charge in [0, 0.05) is 14.0 Å². The van der Waals surface area contributed by atoms with Gasteiger partial charge < -0.3 is 0 Å². The fourth-order valence-corrected chi connectivity index (χ4v) is 4.57. The minimum Gasteiger partial charge on any atom is -0.120 e. The Morgan fingerprint density at radius 2 is 2.22 bits per heavy atom. The van der Waals surface area contributed by atoms with Gasteiger partial charge in [0.05, 0.1) is 0 Å². The Balaban J connectivity index is 2.50. The van der Waals surface area contributed by atoms with E-state index in [4.69, 9.17) is 6.42 Å². The van der Waals surface area contributed by atoms with Gasteiger partial charge in [-0.15, -0.1) is 12.3 Å². The third kappa shape index (κ3) is 1.59. The highest BCUT2D eigenvalue weighted by atomic mass is 28.3. The minimum atomic E-state index is -0.767. The zero-order chi connectivity index (χ0) is 6.91. The van der Waals surface area contributed by atoms with E-state index in [9.17, 15) is 0 Å². The quantitative estimate of drug-likeness (QED) is 0.356. The predicted molar refractivity (Wildman–Crippen MR) is 44.0 cm³/mol. The van der Waals surface area contributed by atoms with E-state index in [1.165, 1.54) is 18.5 Å². The van der Waals surface area contributed by atoms with E-state index in [1.807, 2.05) is 0 Å². The molecular weight excluding hydrogens is 124 g/mol. The average molecular weight is 138 g/mol. The van der Waals surface area contributed by atoms with E-state index in [0.29, 0.717) is 5.92 Å². The first-order valence-electron chi connectivity index (χ1n) is 3.60. The molecule has 1 aliphatic heterocycles. The lowest BCUT2D eigenvalue weighted by atomic mass is 10.1. The molecule has 0 aromatic carbocycles. The highest BCUT2D eigenvalue weighted by Crippen LogP contribution is 2.33. The minimum absolute atomic E-state index is 0.631. The molecule has 9 heavy (non-hydrogen) atoms. The molecule has 0 aliphatic carbocycles. The molecule has 50 valence electrons. The Hall–Kier alpha value is -0.223. The SMILES string of the molecule is C#CC1CC[Si](C)(C)C1. The summed E-state index contributed by atoms with van der Waals surface area (Å²) in [7, 11) is -0.767. The van der Waals surface area contributed by atoms with Crippen molar-refractivity contribution in [1.82, 2.24) is 0 Å². The Kier molecular flexibility index (Phi) is 1.68. The Morgan fingerprint density at radius 1 is 1.56 bits per heavy atom. The topological polar surface area (TPSA) is 0 Å². The lowest BCUT2D eigenvalue weighted by molar-refractivity contribution is 0.763. The van der Waals surface area contributed by atoms with Gasteiger partial charge in [0.1, 0.15) is 0 Å². The first-order valence-corrected chi connectivity index (χ1v) is 7.02. The van der Waals surface area contributed by atoms with Crippen LogP contribution in [-0.4, -0.2) is 8.07 Å². The van der Waals surface area contributed by atoms with Crippen molar-refractivity contribution in [2.45, 2.75) is 31.6 Å². The van der Waals surface area contributed by atoms with Crippen LogP contribution in [0.3, 0.4) is 0 Å². The lowest BCUT2D eigenvalue weighted by Crippen LogP contribution is -2.19. The number of rotatable bonds is 0. The van der Waals surface area contributed by atoms with Crippen molar-refractivity contribution in [1.29, 1.82) is 0 Å². The summed E-state index contributed by atoms with van der Waals surface area (Å²) in [5.41, 5.74) is 0. The van der Waals surface area contributed by atoms with Gasteiger partial charge >= 0.3 is 0 Å². The highest BCUT2D eigenvalue weighted by molar-refractivity contribution is 6.78. The van der Waals surface area contributed by atoms with Crippen LogP contribution in [0.2, 0.25) is 25.2 Å². The van der Waals surface area contributed by atoms with Gasteiger partial charge in [-0.2, -0.15) is 0 Å². The fraction of sp³-hybridized carbons (Fsp3) is 0.750. The smallest absolute Gasteiger partial charge is 0.0486 e. The summed E-state index contributed by atoms with van der Waals surface area (Å²) in [6.45, 7) is 4.87. The van der Waals surface area contributed by atoms with Crippen molar-refractivity contribution in [2.75, 3.05) is 0 Å². The molecule has 0 spiro atoms. The highest BCUT2D eigenvalue weighted by Gasteiger charge is 2.31. The summed E-state index contributed by atoms with van der Waals surface area (Å²) in [6, 6.07) is 2.81. The first kappa shape index (κ1) is 6.89. The first-order chi connectivity index (χ1) is 4.14. The second-order valence-corrected chi connectivity index (χ2v) is 9.01. The van der Waals surface area contributed by atoms with Gasteiger partial charge in [0.15, 0.2) is 0 Å². The maximum atomic E-state index is 5.33. The van der Waals surface area contributed by atoms with Crippen LogP contribution in [0.25, 0.3) is 0 Å². The molecule has 0 bridgehead atoms. The van der Waals surface area contributed by atoms with Gasteiger partial charge in [-0.1, -0.05) is 19.1 Å². The molecule has 0 saturated carbocycles. The average Bonchev–Trinajstić information content (AvgIpc) is 2.10. The molecule has 1 atom stereocenters. The van der Waals surface area contributed by atoms with Crippen LogP contribution in [-0.2, 0) is 0 Å². The largest absolute Gasteiger partial charge is 0.120 e. The van der Waals surface area contributed by atoms with Crippen LogP contribution in [0, 0.1) is 18.3 Å². The molecule has 0 radical (unpaired) electrons. The Labute approximate surface area is 58.7 Å². The van der Waals surface area contributed by atoms with E-state index >= 15 is 0 Å². The van der Waals surface area contributed by atoms with Crippen molar-refractivity contribution in [3.8, 4) is 12.3 Å². The van der Waals surface area contributed by atoms with Crippen LogP contribution < -0.4 is 0 Å². The van der Waals surface area contributed by atoms with Crippen molar-refractivity contribution in [3.63, 3.8) is 0 Å². The van der Waals surface area contributed by atoms with Crippen LogP contribution in [0.15, 0.2) is 0 Å². The van der Waals surface area contributed by atoms with E-state index in [-0.39, 0.29) is 0 Å². The van der Waals surface area contributed by atoms with Crippen molar-refractivity contribution in [2.24, 2.45) is 5.92 Å². The van der Waals surface area contributed by atoms with E-state index < -0.39 is 8.07 Å². The molecule has 0 aromatic heterocycles. The predicted octanol–water partition coefficient (Wildman–Crippen LogP) is 2.35. The van der Waals surface area contributed by atoms with Crippen molar-refractivity contribution < 1.29 is 0 Å². The Morgan fingerprint density at radius 3 is 2.44 bits per heavy atom. The summed E-state index contributed by atoms with van der Waals surface area (Å²) in [5.74, 6) is 3.49. The van der Waals surface area contributed by atoms with Gasteiger partial charge in [0.2, 0.25) is 0 Å². The van der Waals surface area contributed by atoms with Crippen LogP contribution in [0.5, 0.6) is 0 Å². The van der Waals surface area contributed by atoms with Crippen LogP contribution in [0.1, 0.15) is 6.42 Å². The Bertz CT molecular complexity index is 141. The van der Waals surface area contributed by atoms with Crippen molar-refractivity contribution in [3.05, 3.63) is 0 Å². The molecule has 1 fully saturated rings. The maximum absolute atomic E-state index is 5.33. The van der Waals surface area contributed by atoms with Crippen LogP contribution in [0.4, 0.5) is 0 Å². The molecule has 0 aromatic rings. The summed E-state index contributed by atoms with van der Waals surface area (Å²) in [5, 5.41) is 0. The molecule has 0 amide bonds. The molecular formula is C8H14Si. The third-order valence-electron chi connectivity index (χ3n) is 2.20. The second-order valence-electron chi connectivity index (χ2n) is 3.77. The standard InChI is InChI=1S/C8H14Si/c1-4-8-5-6-9(2,3)7-8/h1,8H,5-7H2,2-3H3. The summed E-state index contributed by atoms with van der Waals surface area (Å²) in [4.78, 5) is 0. The van der Waals surface area contributed by atoms with Gasteiger partial charge in [-0.05, 0) is 12.5 Å². The number of hydrogen-bond donors (Lipinski definition) is 0. The molecule has 1 saturated heterocycles. The molecule has 1 heteroatoms. The van der Waals surface area contributed by atoms with Gasteiger partial charge in [-0.25, -0.2) is 0 Å².